The fraction of sp³-hybridized carbons (Fsp3) is 0.294. The van der Waals surface area contributed by atoms with Crippen molar-refractivity contribution in [2.45, 2.75) is 11.4 Å². The van der Waals surface area contributed by atoms with Crippen molar-refractivity contribution < 1.29 is 17.9 Å². The molecule has 0 fully saturated rings. The molecule has 0 radical (unpaired) electrons. The van der Waals surface area contributed by atoms with E-state index in [-0.39, 0.29) is 4.90 Å². The number of rotatable bonds is 5. The minimum Gasteiger partial charge on any atom is -0.492 e. The molecule has 0 amide bonds. The molecule has 7 heteroatoms. The van der Waals surface area contributed by atoms with Crippen LogP contribution in [-0.4, -0.2) is 39.6 Å². The largest absolute Gasteiger partial charge is 0.492 e. The average molecular weight is 348 g/mol. The van der Waals surface area contributed by atoms with E-state index in [4.69, 9.17) is 14.6 Å². The highest BCUT2D eigenvalue weighted by Gasteiger charge is 2.14. The number of fused-ring (bicyclic) bond motifs is 1. The van der Waals surface area contributed by atoms with E-state index in [0.29, 0.717) is 19.0 Å². The summed E-state index contributed by atoms with van der Waals surface area (Å²) in [7, 11) is -3.67. The van der Waals surface area contributed by atoms with E-state index in [0.717, 1.165) is 25.4 Å². The molecule has 2 aromatic rings. The van der Waals surface area contributed by atoms with Gasteiger partial charge < -0.3 is 9.47 Å². The van der Waals surface area contributed by atoms with Crippen molar-refractivity contribution in [1.29, 1.82) is 0 Å². The second-order valence-electron chi connectivity index (χ2n) is 5.60. The van der Waals surface area contributed by atoms with Crippen molar-refractivity contribution in [2.24, 2.45) is 5.14 Å². The Balaban J connectivity index is 1.53. The van der Waals surface area contributed by atoms with Crippen molar-refractivity contribution in [3.63, 3.8) is 0 Å². The van der Waals surface area contributed by atoms with E-state index in [1.807, 2.05) is 18.2 Å². The number of nitrogens with zero attached hydrogens (tertiary/aromatic N) is 1. The van der Waals surface area contributed by atoms with Gasteiger partial charge in [0.05, 0.1) is 4.90 Å². The van der Waals surface area contributed by atoms with Gasteiger partial charge in [-0.1, -0.05) is 18.2 Å². The van der Waals surface area contributed by atoms with Gasteiger partial charge in [0.1, 0.15) is 24.7 Å². The van der Waals surface area contributed by atoms with Gasteiger partial charge in [-0.2, -0.15) is 0 Å². The monoisotopic (exact) mass is 348 g/mol. The van der Waals surface area contributed by atoms with Gasteiger partial charge in [0, 0.05) is 25.2 Å². The summed E-state index contributed by atoms with van der Waals surface area (Å²) in [4.78, 5) is 2.35. The zero-order valence-electron chi connectivity index (χ0n) is 13.2. The van der Waals surface area contributed by atoms with Crippen molar-refractivity contribution in [3.05, 3.63) is 54.1 Å². The summed E-state index contributed by atoms with van der Waals surface area (Å²) in [6, 6.07) is 14.2. The first-order chi connectivity index (χ1) is 11.5. The first-order valence-electron chi connectivity index (χ1n) is 7.71. The molecule has 128 valence electrons. The van der Waals surface area contributed by atoms with Gasteiger partial charge in [0.15, 0.2) is 0 Å². The number of hydrogen-bond donors (Lipinski definition) is 1. The number of ether oxygens (including phenoxy) is 2. The highest BCUT2D eigenvalue weighted by molar-refractivity contribution is 7.89. The summed E-state index contributed by atoms with van der Waals surface area (Å²) in [5.41, 5.74) is 1.17. The third kappa shape index (κ3) is 4.25. The number of sulfonamides is 1. The lowest BCUT2D eigenvalue weighted by Crippen LogP contribution is -2.30. The summed E-state index contributed by atoms with van der Waals surface area (Å²) < 4.78 is 33.9. The Morgan fingerprint density at radius 2 is 1.88 bits per heavy atom. The molecule has 0 spiro atoms. The van der Waals surface area contributed by atoms with Crippen LogP contribution in [0.15, 0.2) is 53.4 Å². The standard InChI is InChI=1S/C17H20N2O4S/c18-24(20,21)16-7-5-15(6-8-16)22-11-9-19-10-12-23-17-4-2-1-3-14(17)13-19/h1-8H,9-13H2,(H2,18,20,21). The van der Waals surface area contributed by atoms with E-state index >= 15 is 0 Å². The molecule has 0 aromatic heterocycles. The van der Waals surface area contributed by atoms with Crippen LogP contribution in [-0.2, 0) is 16.6 Å². The Morgan fingerprint density at radius 1 is 1.12 bits per heavy atom. The zero-order chi connectivity index (χ0) is 17.0. The average Bonchev–Trinajstić information content (AvgIpc) is 2.76. The van der Waals surface area contributed by atoms with E-state index in [9.17, 15) is 8.42 Å². The van der Waals surface area contributed by atoms with Crippen LogP contribution >= 0.6 is 0 Å². The third-order valence-corrected chi connectivity index (χ3v) is 4.79. The number of nitrogens with two attached hydrogens (primary N) is 1. The number of benzene rings is 2. The highest BCUT2D eigenvalue weighted by atomic mass is 32.2. The van der Waals surface area contributed by atoms with Gasteiger partial charge in [-0.3, -0.25) is 4.90 Å². The molecule has 0 atom stereocenters. The molecule has 0 unspecified atom stereocenters. The van der Waals surface area contributed by atoms with E-state index in [1.165, 1.54) is 17.7 Å². The predicted molar refractivity (Wildman–Crippen MR) is 90.5 cm³/mol. The summed E-state index contributed by atoms with van der Waals surface area (Å²) in [5, 5.41) is 5.07. The second-order valence-corrected chi connectivity index (χ2v) is 7.16. The first kappa shape index (κ1) is 16.8. The Labute approximate surface area is 141 Å². The SMILES string of the molecule is NS(=O)(=O)c1ccc(OCCN2CCOc3ccccc3C2)cc1. The van der Waals surface area contributed by atoms with Gasteiger partial charge in [-0.15, -0.1) is 0 Å². The summed E-state index contributed by atoms with van der Waals surface area (Å²) in [6.07, 6.45) is 0. The molecule has 1 aliphatic rings. The maximum Gasteiger partial charge on any atom is 0.238 e. The number of para-hydroxylation sites is 1. The van der Waals surface area contributed by atoms with Crippen LogP contribution in [0.4, 0.5) is 0 Å². The molecule has 1 heterocycles. The lowest BCUT2D eigenvalue weighted by molar-refractivity contribution is 0.186. The van der Waals surface area contributed by atoms with E-state index in [1.54, 1.807) is 12.1 Å². The van der Waals surface area contributed by atoms with Crippen LogP contribution in [0, 0.1) is 0 Å². The third-order valence-electron chi connectivity index (χ3n) is 3.86. The molecule has 1 aliphatic heterocycles. The van der Waals surface area contributed by atoms with Crippen LogP contribution < -0.4 is 14.6 Å². The van der Waals surface area contributed by atoms with Gasteiger partial charge in [-0.05, 0) is 30.3 Å². The highest BCUT2D eigenvalue weighted by Crippen LogP contribution is 2.22. The molecule has 3 rings (SSSR count). The van der Waals surface area contributed by atoms with Crippen molar-refractivity contribution in [2.75, 3.05) is 26.3 Å². The molecular formula is C17H20N2O4S. The maximum atomic E-state index is 11.2. The quantitative estimate of drug-likeness (QED) is 0.888. The minimum atomic E-state index is -3.67. The first-order valence-corrected chi connectivity index (χ1v) is 9.26. The minimum absolute atomic E-state index is 0.0797. The molecular weight excluding hydrogens is 328 g/mol. The Kier molecular flexibility index (Phi) is 5.03. The van der Waals surface area contributed by atoms with Crippen LogP contribution in [0.2, 0.25) is 0 Å². The van der Waals surface area contributed by atoms with Crippen LogP contribution in [0.3, 0.4) is 0 Å². The smallest absolute Gasteiger partial charge is 0.238 e. The molecule has 0 saturated heterocycles. The van der Waals surface area contributed by atoms with Crippen molar-refractivity contribution in [3.8, 4) is 11.5 Å². The molecule has 6 nitrogen and oxygen atoms in total. The second kappa shape index (κ2) is 7.21. The number of primary sulfonamides is 1. The normalized spacial score (nSPS) is 15.2. The summed E-state index contributed by atoms with van der Waals surface area (Å²) in [5.74, 6) is 1.56. The fourth-order valence-electron chi connectivity index (χ4n) is 2.59. The lowest BCUT2D eigenvalue weighted by atomic mass is 10.2. The fourth-order valence-corrected chi connectivity index (χ4v) is 3.10. The maximum absolute atomic E-state index is 11.2. The van der Waals surface area contributed by atoms with Gasteiger partial charge in [-0.25, -0.2) is 13.6 Å². The van der Waals surface area contributed by atoms with Gasteiger partial charge >= 0.3 is 0 Å². The van der Waals surface area contributed by atoms with Crippen molar-refractivity contribution >= 4 is 10.0 Å². The molecule has 2 N–H and O–H groups in total. The zero-order valence-corrected chi connectivity index (χ0v) is 14.0. The van der Waals surface area contributed by atoms with E-state index < -0.39 is 10.0 Å². The molecule has 0 saturated carbocycles. The Morgan fingerprint density at radius 3 is 2.62 bits per heavy atom. The molecule has 24 heavy (non-hydrogen) atoms. The van der Waals surface area contributed by atoms with Crippen LogP contribution in [0.1, 0.15) is 5.56 Å². The summed E-state index contributed by atoms with van der Waals surface area (Å²) in [6.45, 7) is 3.58. The molecule has 0 bridgehead atoms. The van der Waals surface area contributed by atoms with Gasteiger partial charge in [0.25, 0.3) is 0 Å². The summed E-state index contributed by atoms with van der Waals surface area (Å²) >= 11 is 0. The van der Waals surface area contributed by atoms with E-state index in [2.05, 4.69) is 11.0 Å². The Bertz CT molecular complexity index is 790. The predicted octanol–water partition coefficient (Wildman–Crippen LogP) is 1.61. The van der Waals surface area contributed by atoms with Crippen LogP contribution in [0.5, 0.6) is 11.5 Å². The molecule has 2 aromatic carbocycles. The lowest BCUT2D eigenvalue weighted by Gasteiger charge is -2.19. The number of hydrogen-bond acceptors (Lipinski definition) is 5. The topological polar surface area (TPSA) is 81.9 Å². The van der Waals surface area contributed by atoms with Gasteiger partial charge in [0.2, 0.25) is 10.0 Å². The Hall–Kier alpha value is -2.09. The molecule has 0 aliphatic carbocycles. The van der Waals surface area contributed by atoms with Crippen molar-refractivity contribution in [1.82, 2.24) is 4.90 Å². The van der Waals surface area contributed by atoms with Crippen LogP contribution in [0.25, 0.3) is 0 Å².